The smallest absolute Gasteiger partial charge is 0.261 e. The van der Waals surface area contributed by atoms with Crippen molar-refractivity contribution in [2.75, 3.05) is 11.9 Å². The molecule has 1 aromatic rings. The van der Waals surface area contributed by atoms with E-state index >= 15 is 0 Å². The molecule has 8 heteroatoms. The summed E-state index contributed by atoms with van der Waals surface area (Å²) in [6, 6.07) is 2.70. The third-order valence-electron chi connectivity index (χ3n) is 3.78. The zero-order valence-corrected chi connectivity index (χ0v) is 13.5. The number of hydrogen-bond donors (Lipinski definition) is 2. The molecule has 1 unspecified atom stereocenters. The van der Waals surface area contributed by atoms with Crippen molar-refractivity contribution in [1.82, 2.24) is 10.5 Å². The van der Waals surface area contributed by atoms with Crippen molar-refractivity contribution in [3.63, 3.8) is 0 Å². The van der Waals surface area contributed by atoms with Gasteiger partial charge in [0.15, 0.2) is 16.7 Å². The summed E-state index contributed by atoms with van der Waals surface area (Å²) in [5.74, 6) is 1.18. The van der Waals surface area contributed by atoms with Gasteiger partial charge in [0.2, 0.25) is 0 Å². The van der Waals surface area contributed by atoms with E-state index < -0.39 is 11.7 Å². The number of fused-ring (bicyclic) bond motifs is 1. The molecule has 2 N–H and O–H groups in total. The van der Waals surface area contributed by atoms with E-state index in [2.05, 4.69) is 21.8 Å². The zero-order chi connectivity index (χ0) is 17.1. The molecule has 0 aliphatic carbocycles. The van der Waals surface area contributed by atoms with Gasteiger partial charge < -0.3 is 10.2 Å². The number of benzene rings is 1. The molecule has 0 radical (unpaired) electrons. The van der Waals surface area contributed by atoms with Crippen LogP contribution in [0.2, 0.25) is 0 Å². The second-order valence-corrected chi connectivity index (χ2v) is 5.78. The van der Waals surface area contributed by atoms with Crippen molar-refractivity contribution in [1.29, 1.82) is 0 Å². The molecule has 2 aliphatic heterocycles. The van der Waals surface area contributed by atoms with Crippen LogP contribution >= 0.6 is 12.2 Å². The fraction of sp³-hybridized carbons (Fsp3) is 0.312. The SMILES string of the molecule is C#CCC1C(=O)NOc2cc(F)c(NC(=S)N3CCCC=N3)cc21. The van der Waals surface area contributed by atoms with Crippen molar-refractivity contribution >= 4 is 35.1 Å². The second kappa shape index (κ2) is 6.84. The van der Waals surface area contributed by atoms with E-state index in [1.54, 1.807) is 11.2 Å². The molecule has 2 aliphatic rings. The highest BCUT2D eigenvalue weighted by molar-refractivity contribution is 7.80. The van der Waals surface area contributed by atoms with Crippen LogP contribution in [0.1, 0.15) is 30.7 Å². The standard InChI is InChI=1S/C16H15FN4O2S/c1-2-5-10-11-8-13(12(17)9-14(11)23-20-15(10)22)19-16(24)21-7-4-3-6-18-21/h1,6,8-10H,3-5,7H2,(H,19,24)(H,20,22). The van der Waals surface area contributed by atoms with Gasteiger partial charge in [-0.15, -0.1) is 12.3 Å². The fourth-order valence-electron chi connectivity index (χ4n) is 2.55. The molecular formula is C16H15FN4O2S. The van der Waals surface area contributed by atoms with Crippen molar-refractivity contribution in [3.8, 4) is 18.1 Å². The summed E-state index contributed by atoms with van der Waals surface area (Å²) >= 11 is 5.27. The molecule has 6 nitrogen and oxygen atoms in total. The molecule has 0 aromatic heterocycles. The lowest BCUT2D eigenvalue weighted by atomic mass is 9.93. The van der Waals surface area contributed by atoms with Crippen LogP contribution in [-0.4, -0.2) is 28.8 Å². The van der Waals surface area contributed by atoms with Crippen molar-refractivity contribution in [2.45, 2.75) is 25.2 Å². The Hall–Kier alpha value is -2.66. The number of hydroxylamine groups is 1. The summed E-state index contributed by atoms with van der Waals surface area (Å²) in [7, 11) is 0. The van der Waals surface area contributed by atoms with Gasteiger partial charge in [-0.25, -0.2) is 9.40 Å². The van der Waals surface area contributed by atoms with Crippen LogP contribution in [0, 0.1) is 18.2 Å². The lowest BCUT2D eigenvalue weighted by Crippen LogP contribution is -2.37. The number of anilines is 1. The van der Waals surface area contributed by atoms with Crippen LogP contribution in [0.5, 0.6) is 5.75 Å². The Morgan fingerprint density at radius 1 is 1.62 bits per heavy atom. The molecule has 0 saturated heterocycles. The van der Waals surface area contributed by atoms with E-state index in [0.29, 0.717) is 17.2 Å². The first-order valence-electron chi connectivity index (χ1n) is 7.44. The molecule has 0 bridgehead atoms. The first-order chi connectivity index (χ1) is 11.6. The van der Waals surface area contributed by atoms with E-state index in [9.17, 15) is 9.18 Å². The molecular weight excluding hydrogens is 331 g/mol. The third-order valence-corrected chi connectivity index (χ3v) is 4.09. The normalized spacial score (nSPS) is 18.9. The van der Waals surface area contributed by atoms with Gasteiger partial charge in [-0.3, -0.25) is 4.79 Å². The molecule has 1 amide bonds. The first kappa shape index (κ1) is 16.2. The van der Waals surface area contributed by atoms with Gasteiger partial charge in [0.05, 0.1) is 11.6 Å². The second-order valence-electron chi connectivity index (χ2n) is 5.39. The predicted octanol–water partition coefficient (Wildman–Crippen LogP) is 2.13. The number of nitrogens with zero attached hydrogens (tertiary/aromatic N) is 2. The van der Waals surface area contributed by atoms with Gasteiger partial charge in [-0.2, -0.15) is 10.6 Å². The average Bonchev–Trinajstić information content (AvgIpc) is 2.59. The van der Waals surface area contributed by atoms with Crippen molar-refractivity contribution in [3.05, 3.63) is 23.5 Å². The summed E-state index contributed by atoms with van der Waals surface area (Å²) in [4.78, 5) is 17.0. The minimum Gasteiger partial charge on any atom is -0.379 e. The number of carbonyl (C=O) groups is 1. The Balaban J connectivity index is 1.88. The Bertz CT molecular complexity index is 759. The molecule has 2 heterocycles. The Morgan fingerprint density at radius 3 is 3.17 bits per heavy atom. The lowest BCUT2D eigenvalue weighted by Gasteiger charge is -2.26. The highest BCUT2D eigenvalue weighted by Crippen LogP contribution is 2.36. The Labute approximate surface area is 144 Å². The number of carbonyl (C=O) groups excluding carboxylic acids is 1. The minimum atomic E-state index is -0.596. The van der Waals surface area contributed by atoms with Crippen LogP contribution in [0.3, 0.4) is 0 Å². The number of hydrazone groups is 1. The van der Waals surface area contributed by atoms with E-state index in [1.807, 2.05) is 0 Å². The van der Waals surface area contributed by atoms with Crippen LogP contribution in [0.4, 0.5) is 10.1 Å². The third kappa shape index (κ3) is 3.16. The van der Waals surface area contributed by atoms with Crippen LogP contribution in [-0.2, 0) is 4.79 Å². The Kier molecular flexibility index (Phi) is 4.62. The Morgan fingerprint density at radius 2 is 2.46 bits per heavy atom. The van der Waals surface area contributed by atoms with E-state index in [4.69, 9.17) is 23.5 Å². The summed E-state index contributed by atoms with van der Waals surface area (Å²) in [5, 5.41) is 8.89. The predicted molar refractivity (Wildman–Crippen MR) is 92.0 cm³/mol. The van der Waals surface area contributed by atoms with Gasteiger partial charge in [0.25, 0.3) is 5.91 Å². The molecule has 0 fully saturated rings. The zero-order valence-electron chi connectivity index (χ0n) is 12.7. The monoisotopic (exact) mass is 346 g/mol. The summed E-state index contributed by atoms with van der Waals surface area (Å²) < 4.78 is 14.3. The topological polar surface area (TPSA) is 66.0 Å². The van der Waals surface area contributed by atoms with Crippen molar-refractivity contribution in [2.24, 2.45) is 5.10 Å². The molecule has 124 valence electrons. The largest absolute Gasteiger partial charge is 0.379 e. The van der Waals surface area contributed by atoms with Crippen LogP contribution < -0.4 is 15.6 Å². The summed E-state index contributed by atoms with van der Waals surface area (Å²) in [6.07, 6.45) is 9.10. The number of thiocarbonyl (C=S) groups is 1. The number of hydrogen-bond acceptors (Lipinski definition) is 4. The molecule has 24 heavy (non-hydrogen) atoms. The van der Waals surface area contributed by atoms with Gasteiger partial charge >= 0.3 is 0 Å². The van der Waals surface area contributed by atoms with Crippen molar-refractivity contribution < 1.29 is 14.0 Å². The van der Waals surface area contributed by atoms with Gasteiger partial charge in [-0.05, 0) is 31.1 Å². The highest BCUT2D eigenvalue weighted by Gasteiger charge is 2.30. The quantitative estimate of drug-likeness (QED) is 0.634. The highest BCUT2D eigenvalue weighted by atomic mass is 32.1. The number of halogens is 1. The maximum absolute atomic E-state index is 14.3. The average molecular weight is 346 g/mol. The maximum atomic E-state index is 14.3. The molecule has 1 atom stereocenters. The fourth-order valence-corrected chi connectivity index (χ4v) is 2.79. The number of nitrogens with one attached hydrogen (secondary N) is 2. The minimum absolute atomic E-state index is 0.153. The number of rotatable bonds is 2. The molecule has 0 saturated carbocycles. The first-order valence-corrected chi connectivity index (χ1v) is 7.85. The van der Waals surface area contributed by atoms with E-state index in [0.717, 1.165) is 12.8 Å². The van der Waals surface area contributed by atoms with Gasteiger partial charge in [0.1, 0.15) is 0 Å². The number of amides is 1. The lowest BCUT2D eigenvalue weighted by molar-refractivity contribution is -0.130. The van der Waals surface area contributed by atoms with Crippen LogP contribution in [0.15, 0.2) is 17.2 Å². The molecule has 3 rings (SSSR count). The van der Waals surface area contributed by atoms with E-state index in [-0.39, 0.29) is 23.8 Å². The van der Waals surface area contributed by atoms with E-state index in [1.165, 1.54) is 12.1 Å². The van der Waals surface area contributed by atoms with Crippen LogP contribution in [0.25, 0.3) is 0 Å². The van der Waals surface area contributed by atoms with Gasteiger partial charge in [0, 0.05) is 30.8 Å². The molecule has 0 spiro atoms. The summed E-state index contributed by atoms with van der Waals surface area (Å²) in [5.41, 5.74) is 2.91. The number of terminal acetylenes is 1. The summed E-state index contributed by atoms with van der Waals surface area (Å²) in [6.45, 7) is 0.667. The van der Waals surface area contributed by atoms with Gasteiger partial charge in [-0.1, -0.05) is 0 Å². The maximum Gasteiger partial charge on any atom is 0.261 e. The molecule has 1 aromatic carbocycles.